The number of ether oxygens (including phenoxy) is 2. The molecule has 0 radical (unpaired) electrons. The molecule has 2 aliphatic rings. The lowest BCUT2D eigenvalue weighted by Crippen LogP contribution is -2.20. The van der Waals surface area contributed by atoms with Gasteiger partial charge in [0.05, 0.1) is 0 Å². The smallest absolute Gasteiger partial charge is 0.231 e. The maximum absolute atomic E-state index is 6.21. The van der Waals surface area contributed by atoms with Crippen LogP contribution in [0.15, 0.2) is 12.1 Å². The van der Waals surface area contributed by atoms with Crippen LogP contribution in [0.2, 0.25) is 0 Å². The zero-order valence-corrected chi connectivity index (χ0v) is 8.17. The number of benzene rings is 1. The molecule has 0 saturated heterocycles. The Kier molecular flexibility index (Phi) is 1.40. The molecule has 14 heavy (non-hydrogen) atoms. The molecule has 3 heteroatoms. The Morgan fingerprint density at radius 2 is 2.07 bits per heavy atom. The molecule has 0 unspecified atom stereocenters. The van der Waals surface area contributed by atoms with Crippen LogP contribution in [0.25, 0.3) is 0 Å². The van der Waals surface area contributed by atoms with E-state index in [9.17, 15) is 0 Å². The number of fused-ring (bicyclic) bond motifs is 1. The normalized spacial score (nSPS) is 21.0. The fourth-order valence-corrected chi connectivity index (χ4v) is 2.07. The Bertz CT molecular complexity index is 397. The summed E-state index contributed by atoms with van der Waals surface area (Å²) < 4.78 is 10.8. The van der Waals surface area contributed by atoms with Crippen LogP contribution in [-0.4, -0.2) is 6.79 Å². The average Bonchev–Trinajstić information content (AvgIpc) is 2.74. The molecule has 0 spiro atoms. The summed E-state index contributed by atoms with van der Waals surface area (Å²) in [5, 5.41) is 0. The van der Waals surface area contributed by atoms with E-state index < -0.39 is 0 Å². The lowest BCUT2D eigenvalue weighted by molar-refractivity contribution is 0.173. The Morgan fingerprint density at radius 3 is 2.79 bits per heavy atom. The summed E-state index contributed by atoms with van der Waals surface area (Å²) in [5.74, 6) is 1.70. The second kappa shape index (κ2) is 2.42. The van der Waals surface area contributed by atoms with Crippen molar-refractivity contribution in [1.82, 2.24) is 0 Å². The monoisotopic (exact) mass is 191 g/mol. The van der Waals surface area contributed by atoms with Crippen molar-refractivity contribution in [2.75, 3.05) is 6.79 Å². The molecule has 1 aliphatic heterocycles. The van der Waals surface area contributed by atoms with Crippen molar-refractivity contribution in [2.45, 2.75) is 25.3 Å². The van der Waals surface area contributed by atoms with Gasteiger partial charge in [0, 0.05) is 11.1 Å². The summed E-state index contributed by atoms with van der Waals surface area (Å²) in [7, 11) is 0. The van der Waals surface area contributed by atoms with Crippen molar-refractivity contribution in [3.05, 3.63) is 23.3 Å². The third-order valence-electron chi connectivity index (χ3n) is 3.03. The highest BCUT2D eigenvalue weighted by Crippen LogP contribution is 2.51. The first-order chi connectivity index (χ1) is 6.71. The summed E-state index contributed by atoms with van der Waals surface area (Å²) in [6, 6.07) is 4.00. The van der Waals surface area contributed by atoms with E-state index in [1.165, 1.54) is 5.56 Å². The molecule has 1 heterocycles. The van der Waals surface area contributed by atoms with E-state index in [4.69, 9.17) is 15.2 Å². The van der Waals surface area contributed by atoms with E-state index in [2.05, 4.69) is 13.0 Å². The minimum Gasteiger partial charge on any atom is -0.454 e. The Hall–Kier alpha value is -1.22. The molecule has 1 aromatic carbocycles. The second-order valence-corrected chi connectivity index (χ2v) is 4.15. The van der Waals surface area contributed by atoms with E-state index in [0.29, 0.717) is 6.79 Å². The standard InChI is InChI=1S/C11H13NO2/c1-7-2-3-8-10(14-6-13-8)9(7)11(12)4-5-11/h2-3H,4-6,12H2,1H3. The van der Waals surface area contributed by atoms with Crippen molar-refractivity contribution in [1.29, 1.82) is 0 Å². The first-order valence-corrected chi connectivity index (χ1v) is 4.89. The molecule has 3 rings (SSSR count). The third-order valence-corrected chi connectivity index (χ3v) is 3.03. The molecule has 0 aromatic heterocycles. The maximum Gasteiger partial charge on any atom is 0.231 e. The van der Waals surface area contributed by atoms with E-state index >= 15 is 0 Å². The molecule has 2 N–H and O–H groups in total. The van der Waals surface area contributed by atoms with Gasteiger partial charge >= 0.3 is 0 Å². The SMILES string of the molecule is Cc1ccc2c(c1C1(N)CC1)OCO2. The highest BCUT2D eigenvalue weighted by Gasteiger charge is 2.44. The van der Waals surface area contributed by atoms with E-state index in [1.807, 2.05) is 6.07 Å². The first-order valence-electron chi connectivity index (χ1n) is 4.89. The van der Waals surface area contributed by atoms with Crippen LogP contribution in [0.4, 0.5) is 0 Å². The van der Waals surface area contributed by atoms with Crippen LogP contribution in [0, 0.1) is 6.92 Å². The maximum atomic E-state index is 6.21. The van der Waals surface area contributed by atoms with Gasteiger partial charge in [-0.15, -0.1) is 0 Å². The van der Waals surface area contributed by atoms with E-state index in [1.54, 1.807) is 0 Å². The van der Waals surface area contributed by atoms with Crippen molar-refractivity contribution >= 4 is 0 Å². The van der Waals surface area contributed by atoms with Crippen molar-refractivity contribution in [3.63, 3.8) is 0 Å². The molecule has 1 aliphatic carbocycles. The largest absolute Gasteiger partial charge is 0.454 e. The first kappa shape index (κ1) is 8.12. The molecule has 74 valence electrons. The number of hydrogen-bond acceptors (Lipinski definition) is 3. The Morgan fingerprint density at radius 1 is 1.29 bits per heavy atom. The van der Waals surface area contributed by atoms with Gasteiger partial charge in [0.2, 0.25) is 6.79 Å². The zero-order valence-electron chi connectivity index (χ0n) is 8.17. The van der Waals surface area contributed by atoms with Crippen molar-refractivity contribution in [2.24, 2.45) is 5.73 Å². The van der Waals surface area contributed by atoms with Gasteiger partial charge in [0.25, 0.3) is 0 Å². The van der Waals surface area contributed by atoms with Gasteiger partial charge in [0.15, 0.2) is 11.5 Å². The fraction of sp³-hybridized carbons (Fsp3) is 0.455. The number of rotatable bonds is 1. The lowest BCUT2D eigenvalue weighted by atomic mass is 9.98. The van der Waals surface area contributed by atoms with Crippen LogP contribution in [0.5, 0.6) is 11.5 Å². The fourth-order valence-electron chi connectivity index (χ4n) is 2.07. The van der Waals surface area contributed by atoms with Gasteiger partial charge in [-0.05, 0) is 31.4 Å². The number of hydrogen-bond donors (Lipinski definition) is 1. The average molecular weight is 191 g/mol. The highest BCUT2D eigenvalue weighted by atomic mass is 16.7. The molecule has 1 saturated carbocycles. The minimum atomic E-state index is -0.150. The predicted molar refractivity (Wildman–Crippen MR) is 52.4 cm³/mol. The summed E-state index contributed by atoms with van der Waals surface area (Å²) in [5.41, 5.74) is 8.41. The molecule has 3 nitrogen and oxygen atoms in total. The van der Waals surface area contributed by atoms with Crippen LogP contribution < -0.4 is 15.2 Å². The van der Waals surface area contributed by atoms with E-state index in [0.717, 1.165) is 29.9 Å². The van der Waals surface area contributed by atoms with Crippen LogP contribution in [0.1, 0.15) is 24.0 Å². The van der Waals surface area contributed by atoms with Gasteiger partial charge < -0.3 is 15.2 Å². The zero-order chi connectivity index (χ0) is 9.76. The van der Waals surface area contributed by atoms with Crippen molar-refractivity contribution < 1.29 is 9.47 Å². The summed E-state index contributed by atoms with van der Waals surface area (Å²) in [6.45, 7) is 2.39. The summed E-state index contributed by atoms with van der Waals surface area (Å²) in [6.07, 6.45) is 2.10. The summed E-state index contributed by atoms with van der Waals surface area (Å²) >= 11 is 0. The van der Waals surface area contributed by atoms with Gasteiger partial charge in [-0.2, -0.15) is 0 Å². The minimum absolute atomic E-state index is 0.150. The van der Waals surface area contributed by atoms with Crippen LogP contribution >= 0.6 is 0 Å². The Labute approximate surface area is 82.8 Å². The van der Waals surface area contributed by atoms with Crippen LogP contribution in [0.3, 0.4) is 0 Å². The predicted octanol–water partition coefficient (Wildman–Crippen LogP) is 1.67. The summed E-state index contributed by atoms with van der Waals surface area (Å²) in [4.78, 5) is 0. The highest BCUT2D eigenvalue weighted by molar-refractivity contribution is 5.56. The van der Waals surface area contributed by atoms with Gasteiger partial charge in [-0.25, -0.2) is 0 Å². The molecule has 1 aromatic rings. The Balaban J connectivity index is 2.21. The number of aryl methyl sites for hydroxylation is 1. The van der Waals surface area contributed by atoms with Crippen LogP contribution in [-0.2, 0) is 5.54 Å². The second-order valence-electron chi connectivity index (χ2n) is 4.15. The van der Waals surface area contributed by atoms with Gasteiger partial charge in [0.1, 0.15) is 0 Å². The molecule has 0 atom stereocenters. The molecule has 0 amide bonds. The van der Waals surface area contributed by atoms with Gasteiger partial charge in [-0.1, -0.05) is 6.07 Å². The molecule has 0 bridgehead atoms. The van der Waals surface area contributed by atoms with Crippen molar-refractivity contribution in [3.8, 4) is 11.5 Å². The molecule has 1 fully saturated rings. The van der Waals surface area contributed by atoms with Gasteiger partial charge in [-0.3, -0.25) is 0 Å². The third kappa shape index (κ3) is 0.960. The van der Waals surface area contributed by atoms with E-state index in [-0.39, 0.29) is 5.54 Å². The lowest BCUT2D eigenvalue weighted by Gasteiger charge is -2.15. The molecular formula is C11H13NO2. The quantitative estimate of drug-likeness (QED) is 0.734. The number of nitrogens with two attached hydrogens (primary N) is 1. The topological polar surface area (TPSA) is 44.5 Å². The molecular weight excluding hydrogens is 178 g/mol.